The molecule has 1 N–H and O–H groups in total. The van der Waals surface area contributed by atoms with E-state index in [1.165, 1.54) is 0 Å². The standard InChI is InChI=1S/C13H22N4O2/c1-4-17(5-2)12-9-11(14-10-15-12)16(3)8-6-7-13(18)19/h9-10H,4-8H2,1-3H3,(H,18,19). The lowest BCUT2D eigenvalue weighted by atomic mass is 10.3. The van der Waals surface area contributed by atoms with Crippen LogP contribution in [0.25, 0.3) is 0 Å². The highest BCUT2D eigenvalue weighted by Crippen LogP contribution is 2.16. The molecule has 0 aromatic carbocycles. The predicted molar refractivity (Wildman–Crippen MR) is 75.7 cm³/mol. The molecule has 0 saturated heterocycles. The van der Waals surface area contributed by atoms with Crippen molar-refractivity contribution in [1.82, 2.24) is 9.97 Å². The second-order valence-electron chi connectivity index (χ2n) is 4.33. The van der Waals surface area contributed by atoms with Gasteiger partial charge < -0.3 is 14.9 Å². The first-order valence-corrected chi connectivity index (χ1v) is 6.58. The number of carbonyl (C=O) groups is 1. The molecule has 1 rings (SSSR count). The summed E-state index contributed by atoms with van der Waals surface area (Å²) in [5.74, 6) is 0.960. The van der Waals surface area contributed by atoms with E-state index >= 15 is 0 Å². The van der Waals surface area contributed by atoms with Crippen molar-refractivity contribution in [2.75, 3.05) is 36.5 Å². The van der Waals surface area contributed by atoms with E-state index in [4.69, 9.17) is 5.11 Å². The molecule has 0 bridgehead atoms. The molecule has 0 radical (unpaired) electrons. The monoisotopic (exact) mass is 266 g/mol. The summed E-state index contributed by atoms with van der Waals surface area (Å²) in [4.78, 5) is 23.1. The van der Waals surface area contributed by atoms with E-state index in [1.807, 2.05) is 18.0 Å². The fraction of sp³-hybridized carbons (Fsp3) is 0.615. The minimum atomic E-state index is -0.764. The van der Waals surface area contributed by atoms with Gasteiger partial charge in [-0.15, -0.1) is 0 Å². The third kappa shape index (κ3) is 4.73. The molecule has 1 heterocycles. The molecule has 0 atom stereocenters. The number of aliphatic carboxylic acids is 1. The summed E-state index contributed by atoms with van der Waals surface area (Å²) >= 11 is 0. The van der Waals surface area contributed by atoms with Crippen molar-refractivity contribution in [3.05, 3.63) is 12.4 Å². The number of aromatic nitrogens is 2. The number of anilines is 2. The minimum absolute atomic E-state index is 0.179. The van der Waals surface area contributed by atoms with Crippen LogP contribution in [0.15, 0.2) is 12.4 Å². The van der Waals surface area contributed by atoms with Gasteiger partial charge >= 0.3 is 5.97 Å². The summed E-state index contributed by atoms with van der Waals surface area (Å²) < 4.78 is 0. The first-order valence-electron chi connectivity index (χ1n) is 6.58. The van der Waals surface area contributed by atoms with Crippen molar-refractivity contribution in [3.63, 3.8) is 0 Å². The average Bonchev–Trinajstić information content (AvgIpc) is 2.40. The molecule has 0 amide bonds. The Kier molecular flexibility index (Phi) is 6.05. The Morgan fingerprint density at radius 2 is 1.89 bits per heavy atom. The second-order valence-corrected chi connectivity index (χ2v) is 4.33. The van der Waals surface area contributed by atoms with Crippen molar-refractivity contribution in [3.8, 4) is 0 Å². The number of hydrogen-bond donors (Lipinski definition) is 1. The van der Waals surface area contributed by atoms with Crippen molar-refractivity contribution in [1.29, 1.82) is 0 Å². The highest BCUT2D eigenvalue weighted by atomic mass is 16.4. The zero-order valence-corrected chi connectivity index (χ0v) is 11.8. The molecule has 0 aliphatic heterocycles. The van der Waals surface area contributed by atoms with Gasteiger partial charge in [0.05, 0.1) is 0 Å². The Hall–Kier alpha value is -1.85. The summed E-state index contributed by atoms with van der Waals surface area (Å²) in [6.45, 7) is 6.63. The molecule has 0 unspecified atom stereocenters. The first kappa shape index (κ1) is 15.2. The molecule has 0 aliphatic carbocycles. The van der Waals surface area contributed by atoms with E-state index in [2.05, 4.69) is 28.7 Å². The smallest absolute Gasteiger partial charge is 0.303 e. The van der Waals surface area contributed by atoms with Crippen LogP contribution < -0.4 is 9.80 Å². The molecular weight excluding hydrogens is 244 g/mol. The SMILES string of the molecule is CCN(CC)c1cc(N(C)CCCC(=O)O)ncn1. The summed E-state index contributed by atoms with van der Waals surface area (Å²) in [5, 5.41) is 8.63. The second kappa shape index (κ2) is 7.56. The Bertz CT molecular complexity index is 407. The fourth-order valence-electron chi connectivity index (χ4n) is 1.85. The number of carboxylic acids is 1. The van der Waals surface area contributed by atoms with E-state index in [1.54, 1.807) is 6.33 Å². The molecule has 1 aromatic heterocycles. The van der Waals surface area contributed by atoms with Crippen LogP contribution in [0.2, 0.25) is 0 Å². The van der Waals surface area contributed by atoms with Gasteiger partial charge in [-0.05, 0) is 20.3 Å². The largest absolute Gasteiger partial charge is 0.481 e. The minimum Gasteiger partial charge on any atom is -0.481 e. The van der Waals surface area contributed by atoms with Crippen molar-refractivity contribution < 1.29 is 9.90 Å². The maximum atomic E-state index is 10.5. The molecule has 0 fully saturated rings. The average molecular weight is 266 g/mol. The van der Waals surface area contributed by atoms with Gasteiger partial charge in [0, 0.05) is 39.2 Å². The lowest BCUT2D eigenvalue weighted by Crippen LogP contribution is -2.25. The number of rotatable bonds is 8. The van der Waals surface area contributed by atoms with Gasteiger partial charge in [-0.3, -0.25) is 4.79 Å². The van der Waals surface area contributed by atoms with Gasteiger partial charge in [-0.2, -0.15) is 0 Å². The molecule has 1 aromatic rings. The van der Waals surface area contributed by atoms with E-state index in [0.29, 0.717) is 13.0 Å². The Morgan fingerprint density at radius 1 is 1.26 bits per heavy atom. The molecule has 19 heavy (non-hydrogen) atoms. The van der Waals surface area contributed by atoms with Crippen LogP contribution in [0.3, 0.4) is 0 Å². The lowest BCUT2D eigenvalue weighted by molar-refractivity contribution is -0.137. The third-order valence-electron chi connectivity index (χ3n) is 3.00. The van der Waals surface area contributed by atoms with Gasteiger partial charge in [0.1, 0.15) is 18.0 Å². The normalized spacial score (nSPS) is 10.3. The summed E-state index contributed by atoms with van der Waals surface area (Å²) in [5.41, 5.74) is 0. The van der Waals surface area contributed by atoms with Crippen LogP contribution in [-0.2, 0) is 4.79 Å². The van der Waals surface area contributed by atoms with Crippen LogP contribution >= 0.6 is 0 Å². The number of nitrogens with zero attached hydrogens (tertiary/aromatic N) is 4. The molecular formula is C13H22N4O2. The zero-order chi connectivity index (χ0) is 14.3. The number of carboxylic acid groups (broad SMARTS) is 1. The van der Waals surface area contributed by atoms with Gasteiger partial charge in [0.2, 0.25) is 0 Å². The molecule has 0 saturated carbocycles. The Balaban J connectivity index is 2.67. The molecule has 6 nitrogen and oxygen atoms in total. The van der Waals surface area contributed by atoms with Crippen molar-refractivity contribution >= 4 is 17.6 Å². The van der Waals surface area contributed by atoms with Crippen LogP contribution in [-0.4, -0.2) is 47.7 Å². The van der Waals surface area contributed by atoms with Gasteiger partial charge in [0.25, 0.3) is 0 Å². The third-order valence-corrected chi connectivity index (χ3v) is 3.00. The fourth-order valence-corrected chi connectivity index (χ4v) is 1.85. The molecule has 6 heteroatoms. The maximum Gasteiger partial charge on any atom is 0.303 e. The van der Waals surface area contributed by atoms with Crippen molar-refractivity contribution in [2.45, 2.75) is 26.7 Å². The maximum absolute atomic E-state index is 10.5. The van der Waals surface area contributed by atoms with Crippen LogP contribution in [0.5, 0.6) is 0 Å². The highest BCUT2D eigenvalue weighted by Gasteiger charge is 2.08. The summed E-state index contributed by atoms with van der Waals surface area (Å²) in [6.07, 6.45) is 2.34. The van der Waals surface area contributed by atoms with E-state index < -0.39 is 5.97 Å². The van der Waals surface area contributed by atoms with Crippen molar-refractivity contribution in [2.24, 2.45) is 0 Å². The van der Waals surface area contributed by atoms with E-state index in [9.17, 15) is 4.79 Å². The highest BCUT2D eigenvalue weighted by molar-refractivity contribution is 5.66. The predicted octanol–water partition coefficient (Wildman–Crippen LogP) is 1.62. The molecule has 106 valence electrons. The van der Waals surface area contributed by atoms with E-state index in [-0.39, 0.29) is 6.42 Å². The summed E-state index contributed by atoms with van der Waals surface area (Å²) in [6, 6.07) is 1.94. The molecule has 0 aliphatic rings. The van der Waals surface area contributed by atoms with Gasteiger partial charge in [-0.25, -0.2) is 9.97 Å². The van der Waals surface area contributed by atoms with Crippen LogP contribution in [0.4, 0.5) is 11.6 Å². The van der Waals surface area contributed by atoms with E-state index in [0.717, 1.165) is 24.7 Å². The van der Waals surface area contributed by atoms with Gasteiger partial charge in [-0.1, -0.05) is 0 Å². The topological polar surface area (TPSA) is 69.6 Å². The quantitative estimate of drug-likeness (QED) is 0.771. The molecule has 0 spiro atoms. The van der Waals surface area contributed by atoms with Gasteiger partial charge in [0.15, 0.2) is 0 Å². The number of hydrogen-bond acceptors (Lipinski definition) is 5. The lowest BCUT2D eigenvalue weighted by Gasteiger charge is -2.22. The Labute approximate surface area is 114 Å². The first-order chi connectivity index (χ1) is 9.08. The Morgan fingerprint density at radius 3 is 2.47 bits per heavy atom. The zero-order valence-electron chi connectivity index (χ0n) is 11.8. The van der Waals surface area contributed by atoms with Crippen LogP contribution in [0, 0.1) is 0 Å². The van der Waals surface area contributed by atoms with Crippen LogP contribution in [0.1, 0.15) is 26.7 Å². The summed E-state index contributed by atoms with van der Waals surface area (Å²) in [7, 11) is 1.91.